The number of fused-ring (bicyclic) bond motifs is 1. The first-order valence-corrected chi connectivity index (χ1v) is 6.79. The number of para-hydroxylation sites is 1. The van der Waals surface area contributed by atoms with Crippen LogP contribution in [0.1, 0.15) is 16.5 Å². The van der Waals surface area contributed by atoms with Gasteiger partial charge in [-0.3, -0.25) is 4.98 Å². The highest BCUT2D eigenvalue weighted by atomic mass is 35.5. The lowest BCUT2D eigenvalue weighted by Gasteiger charge is -2.12. The highest BCUT2D eigenvalue weighted by Crippen LogP contribution is 2.31. The van der Waals surface area contributed by atoms with Crippen molar-refractivity contribution in [2.75, 3.05) is 0 Å². The zero-order chi connectivity index (χ0) is 12.5. The smallest absolute Gasteiger partial charge is 0.0931 e. The number of rotatable bonds is 2. The third kappa shape index (κ3) is 2.01. The zero-order valence-electron chi connectivity index (χ0n) is 9.51. The van der Waals surface area contributed by atoms with E-state index in [1.807, 2.05) is 42.5 Å². The molecule has 0 bridgehead atoms. The fourth-order valence-corrected chi connectivity index (χ4v) is 3.11. The van der Waals surface area contributed by atoms with Crippen molar-refractivity contribution in [2.45, 2.75) is 6.04 Å². The van der Waals surface area contributed by atoms with Crippen LogP contribution in [0, 0.1) is 0 Å². The van der Waals surface area contributed by atoms with Gasteiger partial charge < -0.3 is 5.73 Å². The lowest BCUT2D eigenvalue weighted by molar-refractivity contribution is 0.900. The molecule has 90 valence electrons. The van der Waals surface area contributed by atoms with Gasteiger partial charge in [0.1, 0.15) is 0 Å². The van der Waals surface area contributed by atoms with Crippen LogP contribution >= 0.6 is 22.9 Å². The molecule has 2 aromatic heterocycles. The van der Waals surface area contributed by atoms with Crippen LogP contribution in [0.4, 0.5) is 0 Å². The van der Waals surface area contributed by atoms with Gasteiger partial charge in [-0.2, -0.15) is 0 Å². The van der Waals surface area contributed by atoms with E-state index in [2.05, 4.69) is 4.98 Å². The minimum Gasteiger partial charge on any atom is -0.320 e. The second kappa shape index (κ2) is 4.69. The molecule has 0 aliphatic heterocycles. The molecule has 2 heterocycles. The van der Waals surface area contributed by atoms with Gasteiger partial charge in [0, 0.05) is 22.0 Å². The van der Waals surface area contributed by atoms with E-state index in [0.29, 0.717) is 0 Å². The van der Waals surface area contributed by atoms with Crippen molar-refractivity contribution in [1.29, 1.82) is 0 Å². The van der Waals surface area contributed by atoms with Crippen molar-refractivity contribution < 1.29 is 0 Å². The fraction of sp³-hybridized carbons (Fsp3) is 0.0714. The largest absolute Gasteiger partial charge is 0.320 e. The number of hydrogen-bond donors (Lipinski definition) is 1. The van der Waals surface area contributed by atoms with Gasteiger partial charge in [-0.1, -0.05) is 35.9 Å². The molecule has 1 unspecified atom stereocenters. The first kappa shape index (κ1) is 11.7. The van der Waals surface area contributed by atoms with Crippen LogP contribution in [0.25, 0.3) is 10.9 Å². The summed E-state index contributed by atoms with van der Waals surface area (Å²) in [4.78, 5) is 5.48. The maximum Gasteiger partial charge on any atom is 0.0931 e. The molecule has 0 saturated carbocycles. The van der Waals surface area contributed by atoms with Crippen molar-refractivity contribution >= 4 is 33.8 Å². The van der Waals surface area contributed by atoms with Crippen LogP contribution in [-0.4, -0.2) is 4.98 Å². The molecule has 2 nitrogen and oxygen atoms in total. The summed E-state index contributed by atoms with van der Waals surface area (Å²) in [6.45, 7) is 0. The van der Waals surface area contributed by atoms with E-state index in [9.17, 15) is 0 Å². The van der Waals surface area contributed by atoms with Crippen molar-refractivity contribution in [3.8, 4) is 0 Å². The Hall–Kier alpha value is -1.42. The van der Waals surface area contributed by atoms with Gasteiger partial charge in [0.2, 0.25) is 0 Å². The molecule has 0 saturated heterocycles. The Morgan fingerprint density at radius 3 is 2.72 bits per heavy atom. The van der Waals surface area contributed by atoms with Crippen LogP contribution in [-0.2, 0) is 0 Å². The van der Waals surface area contributed by atoms with Crippen LogP contribution in [0.2, 0.25) is 4.34 Å². The lowest BCUT2D eigenvalue weighted by Crippen LogP contribution is -2.11. The van der Waals surface area contributed by atoms with Gasteiger partial charge in [-0.15, -0.1) is 11.3 Å². The third-order valence-electron chi connectivity index (χ3n) is 2.90. The third-order valence-corrected chi connectivity index (χ3v) is 4.21. The number of benzene rings is 1. The molecule has 0 spiro atoms. The van der Waals surface area contributed by atoms with Gasteiger partial charge in [-0.25, -0.2) is 0 Å². The second-order valence-electron chi connectivity index (χ2n) is 4.04. The Labute approximate surface area is 114 Å². The summed E-state index contributed by atoms with van der Waals surface area (Å²) < 4.78 is 0.758. The predicted octanol–water partition coefficient (Wildman–Crippen LogP) is 4.00. The molecule has 4 heteroatoms. The number of pyridine rings is 1. The molecule has 0 radical (unpaired) electrons. The summed E-state index contributed by atoms with van der Waals surface area (Å²) >= 11 is 7.47. The monoisotopic (exact) mass is 274 g/mol. The molecule has 0 aliphatic carbocycles. The number of nitrogens with zero attached hydrogens (tertiary/aromatic N) is 1. The molecule has 0 fully saturated rings. The van der Waals surface area contributed by atoms with Gasteiger partial charge in [-0.05, 0) is 18.2 Å². The fourth-order valence-electron chi connectivity index (χ4n) is 2.03. The van der Waals surface area contributed by atoms with Crippen LogP contribution in [0.15, 0.2) is 48.7 Å². The van der Waals surface area contributed by atoms with Gasteiger partial charge in [0.15, 0.2) is 0 Å². The van der Waals surface area contributed by atoms with Crippen LogP contribution in [0.5, 0.6) is 0 Å². The SMILES string of the molecule is NC(c1ccc(Cl)s1)c1cccc2cccnc12. The minimum atomic E-state index is -0.180. The van der Waals surface area contributed by atoms with Gasteiger partial charge in [0.05, 0.1) is 15.9 Å². The van der Waals surface area contributed by atoms with E-state index in [4.69, 9.17) is 17.3 Å². The molecule has 3 rings (SSSR count). The lowest BCUT2D eigenvalue weighted by atomic mass is 10.0. The Morgan fingerprint density at radius 1 is 1.11 bits per heavy atom. The topological polar surface area (TPSA) is 38.9 Å². The summed E-state index contributed by atoms with van der Waals surface area (Å²) in [5, 5.41) is 1.10. The Balaban J connectivity index is 2.14. The van der Waals surface area contributed by atoms with Crippen molar-refractivity contribution in [3.05, 3.63) is 63.4 Å². The first-order chi connectivity index (χ1) is 8.75. The molecular formula is C14H11ClN2S. The highest BCUT2D eigenvalue weighted by molar-refractivity contribution is 7.16. The molecule has 1 aromatic carbocycles. The van der Waals surface area contributed by atoms with Gasteiger partial charge in [0.25, 0.3) is 0 Å². The molecule has 2 N–H and O–H groups in total. The number of hydrogen-bond acceptors (Lipinski definition) is 3. The van der Waals surface area contributed by atoms with Crippen molar-refractivity contribution in [1.82, 2.24) is 4.98 Å². The number of halogens is 1. The van der Waals surface area contributed by atoms with E-state index in [0.717, 1.165) is 25.7 Å². The molecule has 3 aromatic rings. The van der Waals surface area contributed by atoms with Crippen molar-refractivity contribution in [2.24, 2.45) is 5.73 Å². The Bertz CT molecular complexity index is 688. The first-order valence-electron chi connectivity index (χ1n) is 5.60. The zero-order valence-corrected chi connectivity index (χ0v) is 11.1. The number of aromatic nitrogens is 1. The highest BCUT2D eigenvalue weighted by Gasteiger charge is 2.14. The van der Waals surface area contributed by atoms with Crippen molar-refractivity contribution in [3.63, 3.8) is 0 Å². The molecular weight excluding hydrogens is 264 g/mol. The Morgan fingerprint density at radius 2 is 1.94 bits per heavy atom. The number of thiophene rings is 1. The molecule has 0 amide bonds. The Kier molecular flexibility index (Phi) is 3.04. The quantitative estimate of drug-likeness (QED) is 0.767. The average Bonchev–Trinajstić information content (AvgIpc) is 2.84. The molecule has 18 heavy (non-hydrogen) atoms. The average molecular weight is 275 g/mol. The maximum absolute atomic E-state index is 6.31. The summed E-state index contributed by atoms with van der Waals surface area (Å²) in [6, 6.07) is 13.7. The van der Waals surface area contributed by atoms with E-state index < -0.39 is 0 Å². The maximum atomic E-state index is 6.31. The summed E-state index contributed by atoms with van der Waals surface area (Å²) in [7, 11) is 0. The van der Waals surface area contributed by atoms with E-state index in [1.165, 1.54) is 11.3 Å². The standard InChI is InChI=1S/C14H11ClN2S/c15-12-7-6-11(18-12)13(16)10-5-1-3-9-4-2-8-17-14(9)10/h1-8,13H,16H2. The van der Waals surface area contributed by atoms with E-state index in [1.54, 1.807) is 6.20 Å². The van der Waals surface area contributed by atoms with E-state index >= 15 is 0 Å². The number of nitrogens with two attached hydrogens (primary N) is 1. The molecule has 0 aliphatic rings. The summed E-state index contributed by atoms with van der Waals surface area (Å²) in [5.41, 5.74) is 8.30. The summed E-state index contributed by atoms with van der Waals surface area (Å²) in [6.07, 6.45) is 1.79. The van der Waals surface area contributed by atoms with Crippen LogP contribution in [0.3, 0.4) is 0 Å². The summed E-state index contributed by atoms with van der Waals surface area (Å²) in [5.74, 6) is 0. The second-order valence-corrected chi connectivity index (χ2v) is 5.79. The van der Waals surface area contributed by atoms with E-state index in [-0.39, 0.29) is 6.04 Å². The molecule has 1 atom stereocenters. The van der Waals surface area contributed by atoms with Crippen LogP contribution < -0.4 is 5.73 Å². The normalized spacial score (nSPS) is 12.8. The predicted molar refractivity (Wildman–Crippen MR) is 77.1 cm³/mol. The minimum absolute atomic E-state index is 0.180. The van der Waals surface area contributed by atoms with Gasteiger partial charge >= 0.3 is 0 Å².